The molecule has 1 amide bonds. The Morgan fingerprint density at radius 2 is 1.92 bits per heavy atom. The van der Waals surface area contributed by atoms with Gasteiger partial charge in [0.25, 0.3) is 5.91 Å². The quantitative estimate of drug-likeness (QED) is 0.838. The van der Waals surface area contributed by atoms with Crippen molar-refractivity contribution in [2.75, 3.05) is 38.1 Å². The third-order valence-corrected chi connectivity index (χ3v) is 4.68. The van der Waals surface area contributed by atoms with Gasteiger partial charge in [0, 0.05) is 44.6 Å². The number of carbonyl (C=O) groups is 1. The minimum absolute atomic E-state index is 0.148. The maximum atomic E-state index is 12.4. The van der Waals surface area contributed by atoms with Crippen molar-refractivity contribution in [1.82, 2.24) is 15.2 Å². The van der Waals surface area contributed by atoms with Gasteiger partial charge < -0.3 is 20.1 Å². The van der Waals surface area contributed by atoms with Gasteiger partial charge in [-0.2, -0.15) is 0 Å². The Labute approximate surface area is 147 Å². The van der Waals surface area contributed by atoms with Crippen LogP contribution in [0.1, 0.15) is 15.9 Å². The monoisotopic (exact) mass is 342 g/mol. The molecule has 1 aromatic heterocycles. The van der Waals surface area contributed by atoms with E-state index in [1.54, 1.807) is 18.3 Å². The fourth-order valence-electron chi connectivity index (χ4n) is 2.89. The summed E-state index contributed by atoms with van der Waals surface area (Å²) in [6, 6.07) is 11.8. The topological polar surface area (TPSA) is 51.4 Å². The molecule has 5 nitrogen and oxygen atoms in total. The van der Waals surface area contributed by atoms with Gasteiger partial charge in [0.1, 0.15) is 4.64 Å². The highest BCUT2D eigenvalue weighted by molar-refractivity contribution is 7.71. The maximum Gasteiger partial charge on any atom is 0.254 e. The first-order valence-corrected chi connectivity index (χ1v) is 8.53. The molecule has 1 aromatic carbocycles. The number of aromatic nitrogens is 1. The summed E-state index contributed by atoms with van der Waals surface area (Å²) in [4.78, 5) is 20.0. The Kier molecular flexibility index (Phi) is 5.27. The predicted octanol–water partition coefficient (Wildman–Crippen LogP) is 2.43. The molecule has 2 heterocycles. The van der Waals surface area contributed by atoms with Gasteiger partial charge in [-0.25, -0.2) is 0 Å². The van der Waals surface area contributed by atoms with Gasteiger partial charge >= 0.3 is 0 Å². The molecular formula is C18H22N4OS. The molecule has 2 aromatic rings. The van der Waals surface area contributed by atoms with Crippen LogP contribution in [0.5, 0.6) is 0 Å². The van der Waals surface area contributed by atoms with Gasteiger partial charge in [0.2, 0.25) is 0 Å². The number of piperazine rings is 1. The van der Waals surface area contributed by atoms with E-state index in [4.69, 9.17) is 12.2 Å². The highest BCUT2D eigenvalue weighted by atomic mass is 32.1. The molecule has 0 saturated carbocycles. The minimum Gasteiger partial charge on any atom is -0.369 e. The fraction of sp³-hybridized carbons (Fsp3) is 0.333. The molecule has 0 aliphatic carbocycles. The molecule has 3 rings (SSSR count). The first-order valence-electron chi connectivity index (χ1n) is 8.12. The van der Waals surface area contributed by atoms with Crippen molar-refractivity contribution in [3.05, 3.63) is 58.4 Å². The molecule has 0 unspecified atom stereocenters. The zero-order chi connectivity index (χ0) is 16.9. The van der Waals surface area contributed by atoms with Crippen LogP contribution < -0.4 is 10.2 Å². The molecule has 1 aliphatic heterocycles. The van der Waals surface area contributed by atoms with Crippen LogP contribution in [0.4, 0.5) is 5.69 Å². The summed E-state index contributed by atoms with van der Waals surface area (Å²) in [5, 5.41) is 2.98. The van der Waals surface area contributed by atoms with Crippen molar-refractivity contribution < 1.29 is 4.79 Å². The number of likely N-dealkylation sites (N-methyl/N-ethyl adjacent to an activating group) is 1. The Morgan fingerprint density at radius 1 is 1.17 bits per heavy atom. The normalized spacial score (nSPS) is 15.3. The molecule has 24 heavy (non-hydrogen) atoms. The number of para-hydroxylation sites is 1. The van der Waals surface area contributed by atoms with E-state index in [0.717, 1.165) is 31.7 Å². The summed E-state index contributed by atoms with van der Waals surface area (Å²) in [5.41, 5.74) is 2.83. The van der Waals surface area contributed by atoms with E-state index in [0.29, 0.717) is 16.7 Å². The lowest BCUT2D eigenvalue weighted by Crippen LogP contribution is -2.45. The lowest BCUT2D eigenvalue weighted by molar-refractivity contribution is 0.0950. The van der Waals surface area contributed by atoms with Crippen molar-refractivity contribution in [3.63, 3.8) is 0 Å². The van der Waals surface area contributed by atoms with Crippen LogP contribution in [0.25, 0.3) is 0 Å². The van der Waals surface area contributed by atoms with Crippen molar-refractivity contribution in [2.45, 2.75) is 6.54 Å². The third-order valence-electron chi connectivity index (χ3n) is 4.34. The number of hydrogen-bond donors (Lipinski definition) is 2. The molecule has 1 fully saturated rings. The van der Waals surface area contributed by atoms with E-state index in [2.05, 4.69) is 39.3 Å². The molecule has 6 heteroatoms. The summed E-state index contributed by atoms with van der Waals surface area (Å²) < 4.78 is 0.461. The summed E-state index contributed by atoms with van der Waals surface area (Å²) in [6.07, 6.45) is 1.72. The van der Waals surface area contributed by atoms with Crippen molar-refractivity contribution >= 4 is 23.8 Å². The minimum atomic E-state index is -0.148. The lowest BCUT2D eigenvalue weighted by Gasteiger charge is -2.35. The van der Waals surface area contributed by atoms with E-state index < -0.39 is 0 Å². The smallest absolute Gasteiger partial charge is 0.254 e. The Balaban J connectivity index is 1.71. The first-order chi connectivity index (χ1) is 11.6. The molecule has 1 aliphatic rings. The van der Waals surface area contributed by atoms with Gasteiger partial charge in [-0.1, -0.05) is 30.4 Å². The summed E-state index contributed by atoms with van der Waals surface area (Å²) in [7, 11) is 2.15. The van der Waals surface area contributed by atoms with Crippen LogP contribution in [-0.4, -0.2) is 49.0 Å². The second-order valence-corrected chi connectivity index (χ2v) is 6.42. The number of H-pyrrole nitrogens is 1. The third kappa shape index (κ3) is 3.83. The number of benzene rings is 1. The Morgan fingerprint density at radius 3 is 2.67 bits per heavy atom. The SMILES string of the molecule is CN1CCN(c2ccccc2CNC(=O)c2ccc[nH]c2=S)CC1. The molecule has 0 spiro atoms. The predicted molar refractivity (Wildman–Crippen MR) is 98.9 cm³/mol. The fourth-order valence-corrected chi connectivity index (χ4v) is 3.12. The Hall–Kier alpha value is -2.18. The number of rotatable bonds is 4. The molecule has 0 bridgehead atoms. The van der Waals surface area contributed by atoms with Crippen LogP contribution in [0.3, 0.4) is 0 Å². The van der Waals surface area contributed by atoms with Gasteiger partial charge in [-0.3, -0.25) is 4.79 Å². The largest absolute Gasteiger partial charge is 0.369 e. The maximum absolute atomic E-state index is 12.4. The number of aromatic amines is 1. The van der Waals surface area contributed by atoms with E-state index in [9.17, 15) is 4.79 Å². The summed E-state index contributed by atoms with van der Waals surface area (Å²) in [6.45, 7) is 4.61. The zero-order valence-corrected chi connectivity index (χ0v) is 14.6. The molecule has 126 valence electrons. The van der Waals surface area contributed by atoms with Crippen molar-refractivity contribution in [3.8, 4) is 0 Å². The molecular weight excluding hydrogens is 320 g/mol. The van der Waals surface area contributed by atoms with Gasteiger partial charge in [-0.05, 0) is 30.8 Å². The molecule has 1 saturated heterocycles. The number of carbonyl (C=O) groups excluding carboxylic acids is 1. The standard InChI is InChI=1S/C18H22N4OS/c1-21-9-11-22(12-10-21)16-7-3-2-5-14(16)13-20-17(23)15-6-4-8-19-18(15)24/h2-8H,9-13H2,1H3,(H,19,24)(H,20,23). The molecule has 2 N–H and O–H groups in total. The van der Waals surface area contributed by atoms with Crippen LogP contribution in [-0.2, 0) is 6.54 Å². The molecule has 0 radical (unpaired) electrons. The van der Waals surface area contributed by atoms with Crippen LogP contribution in [0.15, 0.2) is 42.6 Å². The number of anilines is 1. The van der Waals surface area contributed by atoms with E-state index in [1.807, 2.05) is 12.1 Å². The first kappa shape index (κ1) is 16.7. The highest BCUT2D eigenvalue weighted by Crippen LogP contribution is 2.21. The van der Waals surface area contributed by atoms with Gasteiger partial charge in [0.15, 0.2) is 0 Å². The van der Waals surface area contributed by atoms with Crippen molar-refractivity contribution in [1.29, 1.82) is 0 Å². The average molecular weight is 342 g/mol. The van der Waals surface area contributed by atoms with Gasteiger partial charge in [0.05, 0.1) is 5.56 Å². The summed E-state index contributed by atoms with van der Waals surface area (Å²) in [5.74, 6) is -0.148. The van der Waals surface area contributed by atoms with Crippen LogP contribution in [0.2, 0.25) is 0 Å². The van der Waals surface area contributed by atoms with Crippen LogP contribution in [0, 0.1) is 4.64 Å². The number of pyridine rings is 1. The van der Waals surface area contributed by atoms with E-state index in [1.165, 1.54) is 5.69 Å². The van der Waals surface area contributed by atoms with E-state index >= 15 is 0 Å². The number of nitrogens with one attached hydrogen (secondary N) is 2. The Bertz CT molecular complexity index is 765. The second-order valence-electron chi connectivity index (χ2n) is 6.01. The second kappa shape index (κ2) is 7.59. The number of amides is 1. The number of nitrogens with zero attached hydrogens (tertiary/aromatic N) is 2. The number of hydrogen-bond acceptors (Lipinski definition) is 4. The van der Waals surface area contributed by atoms with Crippen molar-refractivity contribution in [2.24, 2.45) is 0 Å². The average Bonchev–Trinajstić information content (AvgIpc) is 2.61. The zero-order valence-electron chi connectivity index (χ0n) is 13.8. The van der Waals surface area contributed by atoms with Gasteiger partial charge in [-0.15, -0.1) is 0 Å². The summed E-state index contributed by atoms with van der Waals surface area (Å²) >= 11 is 5.17. The lowest BCUT2D eigenvalue weighted by atomic mass is 10.1. The van der Waals surface area contributed by atoms with Crippen LogP contribution >= 0.6 is 12.2 Å². The highest BCUT2D eigenvalue weighted by Gasteiger charge is 2.17. The molecule has 0 atom stereocenters. The van der Waals surface area contributed by atoms with E-state index in [-0.39, 0.29) is 5.91 Å².